The first-order valence-electron chi connectivity index (χ1n) is 8.63. The van der Waals surface area contributed by atoms with Gasteiger partial charge in [-0.25, -0.2) is 8.42 Å². The van der Waals surface area contributed by atoms with Gasteiger partial charge in [0.05, 0.1) is 17.6 Å². The second-order valence-corrected chi connectivity index (χ2v) is 9.19. The molecule has 21 heavy (non-hydrogen) atoms. The van der Waals surface area contributed by atoms with Gasteiger partial charge in [-0.1, -0.05) is 64.7 Å². The Labute approximate surface area is 135 Å². The van der Waals surface area contributed by atoms with E-state index in [2.05, 4.69) is 6.92 Å². The van der Waals surface area contributed by atoms with Crippen LogP contribution in [-0.4, -0.2) is 31.8 Å². The summed E-state index contributed by atoms with van der Waals surface area (Å²) in [6.45, 7) is 2.26. The lowest BCUT2D eigenvalue weighted by atomic mass is 10.1. The lowest BCUT2D eigenvalue weighted by Crippen LogP contribution is -2.11. The van der Waals surface area contributed by atoms with E-state index in [-0.39, 0.29) is 11.9 Å². The zero-order chi connectivity index (χ0) is 15.4. The summed E-state index contributed by atoms with van der Waals surface area (Å²) in [5.41, 5.74) is 0. The topological polar surface area (TPSA) is 43.4 Å². The zero-order valence-electron chi connectivity index (χ0n) is 13.5. The molecule has 0 bridgehead atoms. The lowest BCUT2D eigenvalue weighted by molar-refractivity contribution is 0.272. The third-order valence-electron chi connectivity index (χ3n) is 3.98. The molecule has 0 aliphatic carbocycles. The van der Waals surface area contributed by atoms with Gasteiger partial charge in [0.1, 0.15) is 0 Å². The van der Waals surface area contributed by atoms with Crippen LogP contribution in [0.4, 0.5) is 0 Å². The van der Waals surface area contributed by atoms with Crippen LogP contribution in [-0.2, 0) is 14.0 Å². The molecule has 0 N–H and O–H groups in total. The minimum atomic E-state index is -2.80. The van der Waals surface area contributed by atoms with Crippen LogP contribution < -0.4 is 0 Å². The van der Waals surface area contributed by atoms with Gasteiger partial charge in [-0.15, -0.1) is 0 Å². The van der Waals surface area contributed by atoms with Crippen molar-refractivity contribution < 1.29 is 12.6 Å². The van der Waals surface area contributed by atoms with Crippen LogP contribution in [0.25, 0.3) is 0 Å². The van der Waals surface area contributed by atoms with Crippen molar-refractivity contribution in [3.8, 4) is 0 Å². The summed E-state index contributed by atoms with van der Waals surface area (Å²) >= 11 is 1.46. The quantitative estimate of drug-likeness (QED) is 0.359. The van der Waals surface area contributed by atoms with Crippen LogP contribution in [0, 0.1) is 0 Å². The van der Waals surface area contributed by atoms with E-state index in [4.69, 9.17) is 4.18 Å². The maximum atomic E-state index is 11.3. The van der Waals surface area contributed by atoms with Gasteiger partial charge < -0.3 is 4.18 Å². The third kappa shape index (κ3) is 10.6. The minimum Gasteiger partial charge on any atom is -0.311 e. The molecule has 1 heterocycles. The predicted molar refractivity (Wildman–Crippen MR) is 92.4 cm³/mol. The van der Waals surface area contributed by atoms with Crippen LogP contribution in [0.2, 0.25) is 0 Å². The molecule has 5 heteroatoms. The number of unbranched alkanes of at least 4 members (excludes halogenated alkanes) is 9. The molecule has 0 radical (unpaired) electrons. The molecule has 0 amide bonds. The Kier molecular flexibility index (Phi) is 10.8. The van der Waals surface area contributed by atoms with Gasteiger partial charge in [-0.2, -0.15) is 0 Å². The van der Waals surface area contributed by atoms with Crippen LogP contribution in [0.15, 0.2) is 0 Å². The van der Waals surface area contributed by atoms with E-state index in [1.54, 1.807) is 0 Å². The monoisotopic (exact) mass is 336 g/mol. The first-order valence-corrected chi connectivity index (χ1v) is 11.4. The number of rotatable bonds is 13. The molecule has 0 spiro atoms. The van der Waals surface area contributed by atoms with Crippen LogP contribution in [0.5, 0.6) is 0 Å². The Hall–Kier alpha value is 0.260. The number of sulfone groups is 1. The van der Waals surface area contributed by atoms with E-state index >= 15 is 0 Å². The average molecular weight is 337 g/mol. The van der Waals surface area contributed by atoms with Crippen molar-refractivity contribution in [3.63, 3.8) is 0 Å². The smallest absolute Gasteiger partial charge is 0.153 e. The van der Waals surface area contributed by atoms with Gasteiger partial charge in [0.15, 0.2) is 9.84 Å². The summed E-state index contributed by atoms with van der Waals surface area (Å²) in [6.07, 6.45) is 14.0. The molecule has 1 aliphatic heterocycles. The van der Waals surface area contributed by atoms with E-state index in [0.717, 1.165) is 5.75 Å². The Balaban J connectivity index is 1.77. The summed E-state index contributed by atoms with van der Waals surface area (Å²) in [6, 6.07) is 0. The number of hydrogen-bond acceptors (Lipinski definition) is 4. The minimum absolute atomic E-state index is 0.0666. The van der Waals surface area contributed by atoms with Gasteiger partial charge in [-0.05, 0) is 24.9 Å². The Morgan fingerprint density at radius 1 is 0.952 bits per heavy atom. The van der Waals surface area contributed by atoms with Crippen molar-refractivity contribution in [1.82, 2.24) is 0 Å². The largest absolute Gasteiger partial charge is 0.311 e. The fraction of sp³-hybridized carbons (Fsp3) is 1.00. The normalized spacial score (nSPS) is 20.9. The van der Waals surface area contributed by atoms with Crippen molar-refractivity contribution in [2.24, 2.45) is 0 Å². The molecule has 0 aromatic rings. The fourth-order valence-electron chi connectivity index (χ4n) is 2.63. The maximum Gasteiger partial charge on any atom is 0.153 e. The van der Waals surface area contributed by atoms with E-state index in [1.165, 1.54) is 76.3 Å². The molecule has 0 aromatic heterocycles. The Morgan fingerprint density at radius 2 is 1.52 bits per heavy atom. The van der Waals surface area contributed by atoms with Crippen molar-refractivity contribution in [2.45, 2.75) is 83.7 Å². The molecule has 1 saturated heterocycles. The molecule has 126 valence electrons. The standard InChI is InChI=1S/C16H32O3S2/c1-2-3-4-5-6-7-8-9-10-11-13-20-19-16-12-14-21(17,18)15-16/h16H,2-15H2,1H3. The maximum absolute atomic E-state index is 11.3. The summed E-state index contributed by atoms with van der Waals surface area (Å²) in [5, 5.41) is 0. The Morgan fingerprint density at radius 3 is 2.05 bits per heavy atom. The molecule has 0 saturated carbocycles. The van der Waals surface area contributed by atoms with E-state index < -0.39 is 9.84 Å². The molecular weight excluding hydrogens is 304 g/mol. The van der Waals surface area contributed by atoms with Gasteiger partial charge in [0.25, 0.3) is 0 Å². The molecule has 1 aliphatic rings. The van der Waals surface area contributed by atoms with Gasteiger partial charge in [0, 0.05) is 5.75 Å². The van der Waals surface area contributed by atoms with Crippen LogP contribution >= 0.6 is 12.0 Å². The molecule has 1 atom stereocenters. The highest BCUT2D eigenvalue weighted by atomic mass is 32.2. The highest BCUT2D eigenvalue weighted by Gasteiger charge is 2.28. The van der Waals surface area contributed by atoms with Crippen molar-refractivity contribution in [1.29, 1.82) is 0 Å². The third-order valence-corrected chi connectivity index (χ3v) is 6.58. The molecular formula is C16H32O3S2. The van der Waals surface area contributed by atoms with Crippen molar-refractivity contribution in [2.75, 3.05) is 17.3 Å². The van der Waals surface area contributed by atoms with E-state index in [1.807, 2.05) is 0 Å². The van der Waals surface area contributed by atoms with Crippen LogP contribution in [0.3, 0.4) is 0 Å². The van der Waals surface area contributed by atoms with Gasteiger partial charge in [0.2, 0.25) is 0 Å². The highest BCUT2D eigenvalue weighted by Crippen LogP contribution is 2.21. The van der Waals surface area contributed by atoms with Crippen LogP contribution in [0.1, 0.15) is 77.6 Å². The van der Waals surface area contributed by atoms with E-state index in [9.17, 15) is 8.42 Å². The first-order chi connectivity index (χ1) is 10.1. The summed E-state index contributed by atoms with van der Waals surface area (Å²) < 4.78 is 28.1. The zero-order valence-corrected chi connectivity index (χ0v) is 15.2. The number of hydrogen-bond donors (Lipinski definition) is 0. The van der Waals surface area contributed by atoms with E-state index in [0.29, 0.717) is 12.2 Å². The van der Waals surface area contributed by atoms with Gasteiger partial charge >= 0.3 is 0 Å². The second kappa shape index (κ2) is 11.8. The Bertz CT molecular complexity index is 341. The molecule has 1 rings (SSSR count). The summed E-state index contributed by atoms with van der Waals surface area (Å²) in [5.74, 6) is 1.52. The van der Waals surface area contributed by atoms with Gasteiger partial charge in [-0.3, -0.25) is 0 Å². The van der Waals surface area contributed by atoms with Crippen molar-refractivity contribution in [3.05, 3.63) is 0 Å². The molecule has 1 fully saturated rings. The summed E-state index contributed by atoms with van der Waals surface area (Å²) in [4.78, 5) is 0. The second-order valence-electron chi connectivity index (χ2n) is 6.13. The first kappa shape index (κ1) is 19.3. The molecule has 1 unspecified atom stereocenters. The predicted octanol–water partition coefficient (Wildman–Crippen LogP) is 4.76. The molecule has 3 nitrogen and oxygen atoms in total. The van der Waals surface area contributed by atoms with Crippen molar-refractivity contribution >= 4 is 21.9 Å². The fourth-order valence-corrected chi connectivity index (χ4v) is 5.08. The SMILES string of the molecule is CCCCCCCCCCCCSOC1CCS(=O)(=O)C1. The summed E-state index contributed by atoms with van der Waals surface area (Å²) in [7, 11) is -2.80. The highest BCUT2D eigenvalue weighted by molar-refractivity contribution is 7.94. The lowest BCUT2D eigenvalue weighted by Gasteiger charge is -2.07. The molecule has 0 aromatic carbocycles. The average Bonchev–Trinajstić information content (AvgIpc) is 2.79.